The summed E-state index contributed by atoms with van der Waals surface area (Å²) in [5.74, 6) is -0.254. The maximum absolute atomic E-state index is 11.7. The van der Waals surface area contributed by atoms with Crippen molar-refractivity contribution in [2.24, 2.45) is 0 Å². The van der Waals surface area contributed by atoms with Crippen molar-refractivity contribution in [1.82, 2.24) is 10.2 Å². The number of rotatable bonds is 7. The molecule has 2 amide bonds. The maximum atomic E-state index is 11.7. The number of nitrogens with one attached hydrogen (secondary N) is 1. The van der Waals surface area contributed by atoms with E-state index in [0.717, 1.165) is 18.4 Å². The van der Waals surface area contributed by atoms with Crippen LogP contribution in [0, 0.1) is 0 Å². The third-order valence-electron chi connectivity index (χ3n) is 3.67. The number of benzene rings is 1. The van der Waals surface area contributed by atoms with Crippen LogP contribution in [0.4, 0.5) is 0 Å². The number of unbranched alkanes of at least 4 members (excludes halogenated alkanes) is 1. The first-order valence-corrected chi connectivity index (χ1v) is 7.76. The van der Waals surface area contributed by atoms with Crippen molar-refractivity contribution in [3.05, 3.63) is 53.6 Å². The van der Waals surface area contributed by atoms with Gasteiger partial charge in [-0.05, 0) is 37.5 Å². The molecule has 0 radical (unpaired) electrons. The second-order valence-corrected chi connectivity index (χ2v) is 5.50. The van der Waals surface area contributed by atoms with E-state index in [2.05, 4.69) is 5.32 Å². The van der Waals surface area contributed by atoms with Gasteiger partial charge in [-0.1, -0.05) is 30.3 Å². The first kappa shape index (κ1) is 17.0. The van der Waals surface area contributed by atoms with Crippen molar-refractivity contribution in [1.29, 1.82) is 0 Å². The van der Waals surface area contributed by atoms with Crippen LogP contribution in [0.1, 0.15) is 25.3 Å². The molecule has 2 N–H and O–H groups in total. The van der Waals surface area contributed by atoms with Crippen LogP contribution in [-0.2, 0) is 9.59 Å². The SMILES string of the molecule is CC1=CC(O)N(CCCCNC(=O)/C=C/c2ccccc2)C1=O. The molecule has 122 valence electrons. The Kier molecular flexibility index (Phi) is 6.11. The first-order valence-electron chi connectivity index (χ1n) is 7.76. The molecule has 0 aliphatic carbocycles. The highest BCUT2D eigenvalue weighted by Gasteiger charge is 2.27. The van der Waals surface area contributed by atoms with Crippen molar-refractivity contribution in [3.8, 4) is 0 Å². The van der Waals surface area contributed by atoms with Gasteiger partial charge in [-0.25, -0.2) is 0 Å². The van der Waals surface area contributed by atoms with Gasteiger partial charge in [0.05, 0.1) is 0 Å². The van der Waals surface area contributed by atoms with Gasteiger partial charge in [-0.2, -0.15) is 0 Å². The fourth-order valence-corrected chi connectivity index (χ4v) is 2.38. The molecule has 1 aromatic carbocycles. The van der Waals surface area contributed by atoms with Crippen molar-refractivity contribution in [3.63, 3.8) is 0 Å². The topological polar surface area (TPSA) is 69.6 Å². The van der Waals surface area contributed by atoms with Crippen LogP contribution in [-0.4, -0.2) is 41.1 Å². The molecular formula is C18H22N2O3. The summed E-state index contributed by atoms with van der Waals surface area (Å²) in [6.45, 7) is 2.73. The number of aliphatic hydroxyl groups excluding tert-OH is 1. The Morgan fingerprint density at radius 1 is 1.30 bits per heavy atom. The average molecular weight is 314 g/mol. The molecule has 0 fully saturated rings. The summed E-state index contributed by atoms with van der Waals surface area (Å²) in [5, 5.41) is 12.5. The summed E-state index contributed by atoms with van der Waals surface area (Å²) in [4.78, 5) is 24.8. The summed E-state index contributed by atoms with van der Waals surface area (Å²) >= 11 is 0. The van der Waals surface area contributed by atoms with Gasteiger partial charge < -0.3 is 15.3 Å². The molecule has 1 aliphatic rings. The Bertz CT molecular complexity index is 608. The zero-order valence-electron chi connectivity index (χ0n) is 13.2. The van der Waals surface area contributed by atoms with Gasteiger partial charge in [-0.3, -0.25) is 9.59 Å². The van der Waals surface area contributed by atoms with E-state index in [1.165, 1.54) is 11.0 Å². The molecule has 5 nitrogen and oxygen atoms in total. The zero-order valence-corrected chi connectivity index (χ0v) is 13.2. The minimum absolute atomic E-state index is 0.118. The summed E-state index contributed by atoms with van der Waals surface area (Å²) in [7, 11) is 0. The molecule has 0 saturated carbocycles. The lowest BCUT2D eigenvalue weighted by Gasteiger charge is -2.20. The maximum Gasteiger partial charge on any atom is 0.251 e. The highest BCUT2D eigenvalue weighted by molar-refractivity contribution is 5.95. The van der Waals surface area contributed by atoms with Crippen molar-refractivity contribution in [2.75, 3.05) is 13.1 Å². The second-order valence-electron chi connectivity index (χ2n) is 5.50. The molecule has 23 heavy (non-hydrogen) atoms. The third kappa shape index (κ3) is 5.07. The molecule has 0 aromatic heterocycles. The van der Waals surface area contributed by atoms with Gasteiger partial charge in [0, 0.05) is 24.7 Å². The van der Waals surface area contributed by atoms with Gasteiger partial charge >= 0.3 is 0 Å². The van der Waals surface area contributed by atoms with Crippen LogP contribution in [0.25, 0.3) is 6.08 Å². The zero-order chi connectivity index (χ0) is 16.7. The molecule has 1 aliphatic heterocycles. The van der Waals surface area contributed by atoms with Crippen molar-refractivity contribution >= 4 is 17.9 Å². The molecule has 2 rings (SSSR count). The number of nitrogens with zero attached hydrogens (tertiary/aromatic N) is 1. The summed E-state index contributed by atoms with van der Waals surface area (Å²) in [6.07, 6.45) is 5.50. The number of hydrogen-bond acceptors (Lipinski definition) is 3. The third-order valence-corrected chi connectivity index (χ3v) is 3.67. The average Bonchev–Trinajstić information content (AvgIpc) is 2.79. The quantitative estimate of drug-likeness (QED) is 0.594. The van der Waals surface area contributed by atoms with Crippen LogP contribution in [0.15, 0.2) is 48.1 Å². The highest BCUT2D eigenvalue weighted by Crippen LogP contribution is 2.16. The van der Waals surface area contributed by atoms with Gasteiger partial charge in [0.2, 0.25) is 5.91 Å². The van der Waals surface area contributed by atoms with E-state index in [0.29, 0.717) is 18.7 Å². The van der Waals surface area contributed by atoms with Crippen LogP contribution < -0.4 is 5.32 Å². The van der Waals surface area contributed by atoms with E-state index in [1.807, 2.05) is 30.3 Å². The summed E-state index contributed by atoms with van der Waals surface area (Å²) in [5.41, 5.74) is 1.56. The van der Waals surface area contributed by atoms with Gasteiger partial charge in [-0.15, -0.1) is 0 Å². The molecule has 5 heteroatoms. The largest absolute Gasteiger partial charge is 0.370 e. The van der Waals surface area contributed by atoms with Crippen molar-refractivity contribution in [2.45, 2.75) is 26.0 Å². The lowest BCUT2D eigenvalue weighted by atomic mass is 10.2. The number of hydrogen-bond donors (Lipinski definition) is 2. The number of carbonyl (C=O) groups is 2. The second kappa shape index (κ2) is 8.29. The van der Waals surface area contributed by atoms with E-state index in [-0.39, 0.29) is 11.8 Å². The molecule has 1 unspecified atom stereocenters. The normalized spacial score (nSPS) is 17.7. The molecule has 0 saturated heterocycles. The van der Waals surface area contributed by atoms with Crippen LogP contribution in [0.2, 0.25) is 0 Å². The lowest BCUT2D eigenvalue weighted by molar-refractivity contribution is -0.131. The molecule has 1 heterocycles. The number of carbonyl (C=O) groups excluding carboxylic acids is 2. The lowest BCUT2D eigenvalue weighted by Crippen LogP contribution is -2.35. The van der Waals surface area contributed by atoms with Crippen LogP contribution in [0.3, 0.4) is 0 Å². The Hall–Kier alpha value is -2.40. The molecular weight excluding hydrogens is 292 g/mol. The Morgan fingerprint density at radius 2 is 2.04 bits per heavy atom. The summed E-state index contributed by atoms with van der Waals surface area (Å²) in [6, 6.07) is 9.62. The minimum atomic E-state index is -0.814. The Labute approximate surface area is 136 Å². The molecule has 1 aromatic rings. The van der Waals surface area contributed by atoms with E-state index < -0.39 is 6.23 Å². The van der Waals surface area contributed by atoms with E-state index in [4.69, 9.17) is 0 Å². The number of aliphatic hydroxyl groups is 1. The predicted octanol–water partition coefficient (Wildman–Crippen LogP) is 1.70. The van der Waals surface area contributed by atoms with Gasteiger partial charge in [0.25, 0.3) is 5.91 Å². The minimum Gasteiger partial charge on any atom is -0.370 e. The van der Waals surface area contributed by atoms with Gasteiger partial charge in [0.15, 0.2) is 0 Å². The first-order chi connectivity index (χ1) is 11.1. The Balaban J connectivity index is 1.61. The van der Waals surface area contributed by atoms with E-state index in [1.54, 1.807) is 19.1 Å². The van der Waals surface area contributed by atoms with Crippen molar-refractivity contribution < 1.29 is 14.7 Å². The fourth-order valence-electron chi connectivity index (χ4n) is 2.38. The fraction of sp³-hybridized carbons (Fsp3) is 0.333. The van der Waals surface area contributed by atoms with Crippen LogP contribution in [0.5, 0.6) is 0 Å². The molecule has 0 bridgehead atoms. The van der Waals surface area contributed by atoms with E-state index >= 15 is 0 Å². The molecule has 0 spiro atoms. The van der Waals surface area contributed by atoms with Gasteiger partial charge in [0.1, 0.15) is 6.23 Å². The standard InChI is InChI=1S/C18H22N2O3/c1-14-13-17(22)20(18(14)23)12-6-5-11-19-16(21)10-9-15-7-3-2-4-8-15/h2-4,7-10,13,17,22H,5-6,11-12H2,1H3,(H,19,21)/b10-9+. The highest BCUT2D eigenvalue weighted by atomic mass is 16.3. The van der Waals surface area contributed by atoms with Crippen LogP contribution >= 0.6 is 0 Å². The monoisotopic (exact) mass is 314 g/mol. The number of amides is 2. The van der Waals surface area contributed by atoms with E-state index in [9.17, 15) is 14.7 Å². The molecule has 1 atom stereocenters. The predicted molar refractivity (Wildman–Crippen MR) is 89.2 cm³/mol. The Morgan fingerprint density at radius 3 is 2.70 bits per heavy atom. The summed E-state index contributed by atoms with van der Waals surface area (Å²) < 4.78 is 0. The smallest absolute Gasteiger partial charge is 0.251 e.